The predicted molar refractivity (Wildman–Crippen MR) is 58.3 cm³/mol. The van der Waals surface area contributed by atoms with Gasteiger partial charge >= 0.3 is 5.51 Å². The van der Waals surface area contributed by atoms with Crippen molar-refractivity contribution in [2.45, 2.75) is 22.7 Å². The average molecular weight is 247 g/mol. The van der Waals surface area contributed by atoms with Gasteiger partial charge in [0, 0.05) is 4.90 Å². The largest absolute Gasteiger partial charge is 0.446 e. The third-order valence-electron chi connectivity index (χ3n) is 2.77. The van der Waals surface area contributed by atoms with Crippen molar-refractivity contribution >= 4 is 11.8 Å². The van der Waals surface area contributed by atoms with E-state index in [1.165, 1.54) is 12.1 Å². The van der Waals surface area contributed by atoms with Crippen LogP contribution in [-0.4, -0.2) is 12.1 Å². The first kappa shape index (κ1) is 11.8. The van der Waals surface area contributed by atoms with Crippen LogP contribution in [0.25, 0.3) is 0 Å². The molecular weight excluding hydrogens is 235 g/mol. The van der Waals surface area contributed by atoms with Crippen LogP contribution in [0.15, 0.2) is 29.2 Å². The number of benzene rings is 1. The third-order valence-corrected chi connectivity index (χ3v) is 3.51. The second-order valence-electron chi connectivity index (χ2n) is 3.95. The molecule has 0 aromatic heterocycles. The molecule has 0 radical (unpaired) electrons. The Morgan fingerprint density at radius 1 is 1.25 bits per heavy atom. The van der Waals surface area contributed by atoms with Crippen LogP contribution in [0.4, 0.5) is 13.2 Å². The molecule has 1 nitrogen and oxygen atoms in total. The van der Waals surface area contributed by atoms with Crippen LogP contribution in [0.3, 0.4) is 0 Å². The highest BCUT2D eigenvalue weighted by atomic mass is 32.2. The Labute approximate surface area is 96.2 Å². The molecule has 0 aliphatic heterocycles. The molecule has 1 fully saturated rings. The fourth-order valence-electron chi connectivity index (χ4n) is 1.83. The van der Waals surface area contributed by atoms with E-state index in [9.17, 15) is 13.2 Å². The molecule has 2 rings (SSSR count). The number of halogens is 3. The lowest BCUT2D eigenvalue weighted by atomic mass is 10.1. The van der Waals surface area contributed by atoms with Crippen molar-refractivity contribution in [3.63, 3.8) is 0 Å². The molecule has 1 saturated carbocycles. The van der Waals surface area contributed by atoms with Crippen LogP contribution in [0.1, 0.15) is 17.9 Å². The summed E-state index contributed by atoms with van der Waals surface area (Å²) in [5.41, 5.74) is 2.41. The Morgan fingerprint density at radius 2 is 1.88 bits per heavy atom. The van der Waals surface area contributed by atoms with Crippen molar-refractivity contribution in [2.75, 3.05) is 6.54 Å². The monoisotopic (exact) mass is 247 g/mol. The van der Waals surface area contributed by atoms with Gasteiger partial charge in [-0.25, -0.2) is 0 Å². The molecule has 2 unspecified atom stereocenters. The smallest absolute Gasteiger partial charge is 0.330 e. The van der Waals surface area contributed by atoms with Gasteiger partial charge in [-0.05, 0) is 54.3 Å². The first-order valence-corrected chi connectivity index (χ1v) is 5.87. The van der Waals surface area contributed by atoms with Gasteiger partial charge in [-0.2, -0.15) is 13.2 Å². The van der Waals surface area contributed by atoms with Gasteiger partial charge in [0.25, 0.3) is 0 Å². The maximum Gasteiger partial charge on any atom is 0.446 e. The summed E-state index contributed by atoms with van der Waals surface area (Å²) in [4.78, 5) is 0.237. The predicted octanol–water partition coefficient (Wildman–Crippen LogP) is 3.36. The topological polar surface area (TPSA) is 26.0 Å². The minimum atomic E-state index is -4.21. The molecule has 2 atom stereocenters. The number of thioether (sulfide) groups is 1. The second kappa shape index (κ2) is 4.30. The van der Waals surface area contributed by atoms with E-state index in [1.54, 1.807) is 12.1 Å². The molecule has 0 heterocycles. The van der Waals surface area contributed by atoms with Crippen LogP contribution in [0.2, 0.25) is 0 Å². The molecule has 88 valence electrons. The van der Waals surface area contributed by atoms with Gasteiger partial charge in [0.15, 0.2) is 0 Å². The molecule has 0 amide bonds. The quantitative estimate of drug-likeness (QED) is 0.829. The molecular formula is C11H12F3NS. The average Bonchev–Trinajstić information content (AvgIpc) is 2.95. The van der Waals surface area contributed by atoms with E-state index in [1.807, 2.05) is 0 Å². The maximum atomic E-state index is 12.1. The van der Waals surface area contributed by atoms with Crippen LogP contribution in [0, 0.1) is 5.92 Å². The number of nitrogens with two attached hydrogens (primary N) is 1. The Balaban J connectivity index is 2.00. The van der Waals surface area contributed by atoms with Gasteiger partial charge < -0.3 is 5.73 Å². The van der Waals surface area contributed by atoms with Gasteiger partial charge in [0.05, 0.1) is 0 Å². The van der Waals surface area contributed by atoms with Crippen LogP contribution in [-0.2, 0) is 0 Å². The number of hydrogen-bond acceptors (Lipinski definition) is 2. The first-order chi connectivity index (χ1) is 7.49. The molecule has 1 aliphatic rings. The number of rotatable bonds is 3. The van der Waals surface area contributed by atoms with Gasteiger partial charge in [0.2, 0.25) is 0 Å². The number of hydrogen-bond donors (Lipinski definition) is 1. The van der Waals surface area contributed by atoms with Crippen molar-refractivity contribution in [3.05, 3.63) is 29.8 Å². The maximum absolute atomic E-state index is 12.1. The lowest BCUT2D eigenvalue weighted by molar-refractivity contribution is -0.0328. The number of alkyl halides is 3. The highest BCUT2D eigenvalue weighted by Crippen LogP contribution is 2.47. The normalized spacial score (nSPS) is 24.5. The Hall–Kier alpha value is -0.680. The SMILES string of the molecule is NCC1CC1c1ccc(SC(F)(F)F)cc1. The van der Waals surface area contributed by atoms with Crippen molar-refractivity contribution < 1.29 is 13.2 Å². The van der Waals surface area contributed by atoms with Gasteiger partial charge in [-0.15, -0.1) is 0 Å². The summed E-state index contributed by atoms with van der Waals surface area (Å²) >= 11 is -0.0766. The van der Waals surface area contributed by atoms with Gasteiger partial charge in [0.1, 0.15) is 0 Å². The van der Waals surface area contributed by atoms with Crippen LogP contribution >= 0.6 is 11.8 Å². The van der Waals surface area contributed by atoms with E-state index >= 15 is 0 Å². The van der Waals surface area contributed by atoms with E-state index in [0.717, 1.165) is 12.0 Å². The molecule has 1 aromatic rings. The lowest BCUT2D eigenvalue weighted by Gasteiger charge is -2.06. The molecule has 0 spiro atoms. The third kappa shape index (κ3) is 2.92. The van der Waals surface area contributed by atoms with E-state index < -0.39 is 5.51 Å². The van der Waals surface area contributed by atoms with E-state index in [0.29, 0.717) is 18.4 Å². The molecule has 1 aliphatic carbocycles. The van der Waals surface area contributed by atoms with Gasteiger partial charge in [-0.1, -0.05) is 12.1 Å². The fourth-order valence-corrected chi connectivity index (χ4v) is 2.37. The van der Waals surface area contributed by atoms with Crippen LogP contribution in [0.5, 0.6) is 0 Å². The van der Waals surface area contributed by atoms with E-state index in [2.05, 4.69) is 0 Å². The fraction of sp³-hybridized carbons (Fsp3) is 0.455. The standard InChI is InChI=1S/C11H12F3NS/c12-11(13,14)16-9-3-1-7(2-4-9)10-5-8(10)6-15/h1-4,8,10H,5-6,15H2. The van der Waals surface area contributed by atoms with Crippen molar-refractivity contribution in [1.29, 1.82) is 0 Å². The summed E-state index contributed by atoms with van der Waals surface area (Å²) < 4.78 is 36.2. The summed E-state index contributed by atoms with van der Waals surface area (Å²) in [6.45, 7) is 0.656. The minimum Gasteiger partial charge on any atom is -0.330 e. The molecule has 2 N–H and O–H groups in total. The highest BCUT2D eigenvalue weighted by molar-refractivity contribution is 8.00. The van der Waals surface area contributed by atoms with Crippen molar-refractivity contribution in [3.8, 4) is 0 Å². The Morgan fingerprint density at radius 3 is 2.31 bits per heavy atom. The molecule has 1 aromatic carbocycles. The first-order valence-electron chi connectivity index (χ1n) is 5.05. The molecule has 16 heavy (non-hydrogen) atoms. The lowest BCUT2D eigenvalue weighted by Crippen LogP contribution is -2.02. The zero-order valence-corrected chi connectivity index (χ0v) is 9.31. The van der Waals surface area contributed by atoms with E-state index in [-0.39, 0.29) is 16.7 Å². The zero-order chi connectivity index (χ0) is 11.8. The summed E-state index contributed by atoms with van der Waals surface area (Å²) in [6.07, 6.45) is 1.06. The summed E-state index contributed by atoms with van der Waals surface area (Å²) in [5, 5.41) is 0. The Kier molecular flexibility index (Phi) is 3.17. The minimum absolute atomic E-state index is 0.0766. The van der Waals surface area contributed by atoms with Crippen molar-refractivity contribution in [1.82, 2.24) is 0 Å². The summed E-state index contributed by atoms with van der Waals surface area (Å²) in [6, 6.07) is 6.60. The summed E-state index contributed by atoms with van der Waals surface area (Å²) in [7, 11) is 0. The molecule has 0 bridgehead atoms. The second-order valence-corrected chi connectivity index (χ2v) is 5.09. The van der Waals surface area contributed by atoms with Crippen LogP contribution < -0.4 is 5.73 Å². The molecule has 0 saturated heterocycles. The Bertz CT molecular complexity index is 360. The van der Waals surface area contributed by atoms with Gasteiger partial charge in [-0.3, -0.25) is 0 Å². The highest BCUT2D eigenvalue weighted by Gasteiger charge is 2.37. The van der Waals surface area contributed by atoms with E-state index in [4.69, 9.17) is 5.73 Å². The molecule has 5 heteroatoms. The summed E-state index contributed by atoms with van der Waals surface area (Å²) in [5.74, 6) is 0.969. The zero-order valence-electron chi connectivity index (χ0n) is 8.50. The van der Waals surface area contributed by atoms with Crippen molar-refractivity contribution in [2.24, 2.45) is 11.7 Å².